The molecule has 2 aliphatic rings. The van der Waals surface area contributed by atoms with E-state index in [1.54, 1.807) is 0 Å². The van der Waals surface area contributed by atoms with Crippen LogP contribution in [0, 0.1) is 12.8 Å². The van der Waals surface area contributed by atoms with Gasteiger partial charge in [0.1, 0.15) is 5.65 Å². The second-order valence-corrected chi connectivity index (χ2v) is 12.2. The molecule has 2 aliphatic carbocycles. The maximum atomic E-state index is 13.9. The van der Waals surface area contributed by atoms with Crippen molar-refractivity contribution in [3.63, 3.8) is 0 Å². The van der Waals surface area contributed by atoms with E-state index in [2.05, 4.69) is 47.1 Å². The fourth-order valence-electron chi connectivity index (χ4n) is 7.35. The third kappa shape index (κ3) is 5.83. The van der Waals surface area contributed by atoms with Crippen LogP contribution in [-0.4, -0.2) is 27.2 Å². The fourth-order valence-corrected chi connectivity index (χ4v) is 7.35. The van der Waals surface area contributed by atoms with Crippen molar-refractivity contribution in [3.05, 3.63) is 100 Å². The number of benzene rings is 2. The smallest absolute Gasteiger partial charge is 0.228 e. The predicted octanol–water partition coefficient (Wildman–Crippen LogP) is 7.18. The number of rotatable bonds is 8. The Labute approximate surface area is 244 Å². The second kappa shape index (κ2) is 12.6. The largest absolute Gasteiger partial charge is 0.394 e. The number of aliphatic hydroxyl groups excluding tert-OH is 1. The lowest BCUT2D eigenvalue weighted by Gasteiger charge is -2.28. The fraction of sp³-hybridized carbons (Fsp3) is 0.444. The normalized spacial score (nSPS) is 17.5. The molecule has 6 rings (SSSR count). The number of fused-ring (bicyclic) bond motifs is 3. The van der Waals surface area contributed by atoms with E-state index in [0.29, 0.717) is 5.92 Å². The number of aryl methyl sites for hydroxylation is 2. The topological polar surface area (TPSA) is 67.2 Å². The molecule has 2 heterocycles. The highest BCUT2D eigenvalue weighted by Crippen LogP contribution is 2.37. The first-order valence-corrected chi connectivity index (χ1v) is 15.6. The summed E-state index contributed by atoms with van der Waals surface area (Å²) in [6, 6.07) is 20.3. The molecule has 214 valence electrons. The molecule has 0 saturated heterocycles. The summed E-state index contributed by atoms with van der Waals surface area (Å²) in [6.07, 6.45) is 13.7. The highest BCUT2D eigenvalue weighted by atomic mass is 16.3. The molecule has 0 aliphatic heterocycles. The first kappa shape index (κ1) is 27.7. The van der Waals surface area contributed by atoms with Crippen LogP contribution in [0.15, 0.2) is 66.9 Å². The van der Waals surface area contributed by atoms with Crippen LogP contribution in [0.5, 0.6) is 0 Å². The third-order valence-electron chi connectivity index (χ3n) is 9.50. The molecule has 5 heteroatoms. The molecule has 2 aromatic heterocycles. The highest BCUT2D eigenvalue weighted by molar-refractivity contribution is 5.86. The van der Waals surface area contributed by atoms with Gasteiger partial charge in [0.2, 0.25) is 5.91 Å². The Morgan fingerprint density at radius 3 is 2.39 bits per heavy atom. The number of aromatic nitrogens is 2. The second-order valence-electron chi connectivity index (χ2n) is 12.2. The Bertz CT molecular complexity index is 1470. The van der Waals surface area contributed by atoms with Crippen molar-refractivity contribution in [3.8, 4) is 0 Å². The standard InChI is InChI=1S/C36H43N3O2/c1-25-21-22-37-35-33(25)30-15-9-10-16-32(30)39(35)23-26-17-19-29(20-18-26)34(28-13-5-2-3-6-14-28)36(41)38-31(24-40)27-11-7-4-8-12-27/h4,7-8,11-12,17-22,28,31,34,40H,2-3,5-6,9-10,13-16,23-24H2,1H3,(H,38,41)/t31-,34-/m0/s1. The molecule has 1 amide bonds. The van der Waals surface area contributed by atoms with Gasteiger partial charge in [-0.3, -0.25) is 4.79 Å². The van der Waals surface area contributed by atoms with Crippen LogP contribution in [-0.2, 0) is 24.2 Å². The Balaban J connectivity index is 1.28. The van der Waals surface area contributed by atoms with Gasteiger partial charge in [-0.25, -0.2) is 4.98 Å². The number of hydrogen-bond donors (Lipinski definition) is 2. The van der Waals surface area contributed by atoms with Crippen LogP contribution < -0.4 is 5.32 Å². The maximum Gasteiger partial charge on any atom is 0.228 e. The van der Waals surface area contributed by atoms with Gasteiger partial charge in [-0.05, 0) is 85.3 Å². The molecule has 0 bridgehead atoms. The number of carbonyl (C=O) groups excluding carboxylic acids is 1. The summed E-state index contributed by atoms with van der Waals surface area (Å²) in [5, 5.41) is 14.7. The van der Waals surface area contributed by atoms with Gasteiger partial charge in [0.15, 0.2) is 0 Å². The van der Waals surface area contributed by atoms with Gasteiger partial charge in [0, 0.05) is 23.8 Å². The summed E-state index contributed by atoms with van der Waals surface area (Å²) >= 11 is 0. The molecule has 0 radical (unpaired) electrons. The van der Waals surface area contributed by atoms with Crippen molar-refractivity contribution in [1.82, 2.24) is 14.9 Å². The van der Waals surface area contributed by atoms with Crippen LogP contribution in [0.2, 0.25) is 0 Å². The van der Waals surface area contributed by atoms with E-state index in [9.17, 15) is 9.90 Å². The van der Waals surface area contributed by atoms with E-state index >= 15 is 0 Å². The van der Waals surface area contributed by atoms with Gasteiger partial charge in [0.25, 0.3) is 0 Å². The summed E-state index contributed by atoms with van der Waals surface area (Å²) in [4.78, 5) is 18.8. The molecular formula is C36H43N3O2. The van der Waals surface area contributed by atoms with Crippen molar-refractivity contribution >= 4 is 16.9 Å². The molecule has 5 nitrogen and oxygen atoms in total. The van der Waals surface area contributed by atoms with Crippen LogP contribution in [0.1, 0.15) is 96.8 Å². The van der Waals surface area contributed by atoms with Crippen molar-refractivity contribution < 1.29 is 9.90 Å². The Morgan fingerprint density at radius 2 is 1.66 bits per heavy atom. The van der Waals surface area contributed by atoms with Crippen LogP contribution in [0.4, 0.5) is 0 Å². The monoisotopic (exact) mass is 549 g/mol. The summed E-state index contributed by atoms with van der Waals surface area (Å²) in [6.45, 7) is 2.88. The van der Waals surface area contributed by atoms with E-state index in [4.69, 9.17) is 4.98 Å². The molecule has 2 N–H and O–H groups in total. The van der Waals surface area contributed by atoms with Crippen molar-refractivity contribution in [2.24, 2.45) is 5.92 Å². The number of nitrogens with one attached hydrogen (secondary N) is 1. The first-order valence-electron chi connectivity index (χ1n) is 15.6. The average molecular weight is 550 g/mol. The van der Waals surface area contributed by atoms with Gasteiger partial charge in [-0.1, -0.05) is 80.3 Å². The zero-order chi connectivity index (χ0) is 28.2. The number of nitrogens with zero attached hydrogens (tertiary/aromatic N) is 2. The van der Waals surface area contributed by atoms with Gasteiger partial charge < -0.3 is 15.0 Å². The van der Waals surface area contributed by atoms with E-state index in [1.807, 2.05) is 36.5 Å². The molecule has 2 atom stereocenters. The Kier molecular flexibility index (Phi) is 8.52. The zero-order valence-electron chi connectivity index (χ0n) is 24.3. The van der Waals surface area contributed by atoms with Crippen LogP contribution in [0.25, 0.3) is 11.0 Å². The first-order chi connectivity index (χ1) is 20.1. The van der Waals surface area contributed by atoms with Gasteiger partial charge in [-0.2, -0.15) is 0 Å². The van der Waals surface area contributed by atoms with Crippen molar-refractivity contribution in [2.75, 3.05) is 6.61 Å². The number of aliphatic hydroxyl groups is 1. The minimum atomic E-state index is -0.402. The van der Waals surface area contributed by atoms with Crippen LogP contribution >= 0.6 is 0 Å². The summed E-state index contributed by atoms with van der Waals surface area (Å²) < 4.78 is 2.44. The summed E-state index contributed by atoms with van der Waals surface area (Å²) in [7, 11) is 0. The van der Waals surface area contributed by atoms with Crippen molar-refractivity contribution in [2.45, 2.75) is 89.6 Å². The number of carbonyl (C=O) groups is 1. The highest BCUT2D eigenvalue weighted by Gasteiger charge is 2.32. The summed E-state index contributed by atoms with van der Waals surface area (Å²) in [5.74, 6) is 0.119. The molecular weight excluding hydrogens is 506 g/mol. The molecule has 41 heavy (non-hydrogen) atoms. The minimum absolute atomic E-state index is 0.0256. The lowest BCUT2D eigenvalue weighted by molar-refractivity contribution is -0.125. The zero-order valence-corrected chi connectivity index (χ0v) is 24.3. The minimum Gasteiger partial charge on any atom is -0.394 e. The molecule has 4 aromatic rings. The van der Waals surface area contributed by atoms with Crippen LogP contribution in [0.3, 0.4) is 0 Å². The van der Waals surface area contributed by atoms with Gasteiger partial charge in [-0.15, -0.1) is 0 Å². The molecule has 0 unspecified atom stereocenters. The maximum absolute atomic E-state index is 13.9. The predicted molar refractivity (Wildman–Crippen MR) is 165 cm³/mol. The van der Waals surface area contributed by atoms with Crippen molar-refractivity contribution in [1.29, 1.82) is 0 Å². The molecule has 1 saturated carbocycles. The van der Waals surface area contributed by atoms with Gasteiger partial charge in [0.05, 0.1) is 18.6 Å². The number of hydrogen-bond acceptors (Lipinski definition) is 3. The quantitative estimate of drug-likeness (QED) is 0.229. The lowest BCUT2D eigenvalue weighted by Crippen LogP contribution is -2.37. The molecule has 2 aromatic carbocycles. The SMILES string of the molecule is Cc1ccnc2c1c1c(n2Cc2ccc([C@@H](C(=O)N[C@@H](CO)c3ccccc3)C3CCCCCC3)cc2)CCCC1. The van der Waals surface area contributed by atoms with E-state index < -0.39 is 6.04 Å². The van der Waals surface area contributed by atoms with E-state index in [1.165, 1.54) is 66.3 Å². The van der Waals surface area contributed by atoms with E-state index in [-0.39, 0.29) is 18.4 Å². The average Bonchev–Trinajstić information content (AvgIpc) is 3.13. The Morgan fingerprint density at radius 1 is 0.927 bits per heavy atom. The summed E-state index contributed by atoms with van der Waals surface area (Å²) in [5.41, 5.74) is 8.61. The number of amides is 1. The number of pyridine rings is 1. The third-order valence-corrected chi connectivity index (χ3v) is 9.50. The Hall–Kier alpha value is -3.44. The molecule has 1 fully saturated rings. The van der Waals surface area contributed by atoms with E-state index in [0.717, 1.165) is 49.0 Å². The van der Waals surface area contributed by atoms with Gasteiger partial charge >= 0.3 is 0 Å². The lowest BCUT2D eigenvalue weighted by atomic mass is 9.80. The molecule has 0 spiro atoms.